The molecule has 1 heterocycles. The maximum atomic E-state index is 10.8. The molecule has 0 fully saturated rings. The summed E-state index contributed by atoms with van der Waals surface area (Å²) in [5.41, 5.74) is 7.08. The van der Waals surface area contributed by atoms with Crippen molar-refractivity contribution in [3.8, 4) is 5.75 Å². The first-order chi connectivity index (χ1) is 7.89. The van der Waals surface area contributed by atoms with Crippen molar-refractivity contribution in [2.24, 2.45) is 5.73 Å². The first kappa shape index (κ1) is 11.9. The molecule has 3 N–H and O–H groups in total. The van der Waals surface area contributed by atoms with Crippen LogP contribution in [0, 0.1) is 0 Å². The van der Waals surface area contributed by atoms with E-state index in [1.807, 2.05) is 19.9 Å². The summed E-state index contributed by atoms with van der Waals surface area (Å²) >= 11 is 0. The van der Waals surface area contributed by atoms with E-state index in [9.17, 15) is 4.79 Å². The van der Waals surface area contributed by atoms with Crippen LogP contribution in [0.1, 0.15) is 37.4 Å². The van der Waals surface area contributed by atoms with Crippen LogP contribution in [0.25, 0.3) is 0 Å². The van der Waals surface area contributed by atoms with Crippen molar-refractivity contribution in [1.82, 2.24) is 0 Å². The molecule has 0 radical (unpaired) electrons. The van der Waals surface area contributed by atoms with Gasteiger partial charge in [-0.2, -0.15) is 0 Å². The number of carboxylic acid groups (broad SMARTS) is 1. The molecule has 17 heavy (non-hydrogen) atoms. The third-order valence-corrected chi connectivity index (χ3v) is 3.10. The van der Waals surface area contributed by atoms with Gasteiger partial charge in [0.1, 0.15) is 17.4 Å². The van der Waals surface area contributed by atoms with E-state index in [1.54, 1.807) is 12.1 Å². The predicted octanol–water partition coefficient (Wildman–Crippen LogP) is 1.87. The third-order valence-electron chi connectivity index (χ3n) is 3.10. The summed E-state index contributed by atoms with van der Waals surface area (Å²) in [7, 11) is 0. The number of aryl methyl sites for hydroxylation is 1. The number of hydrogen-bond acceptors (Lipinski definition) is 3. The predicted molar refractivity (Wildman–Crippen MR) is 64.0 cm³/mol. The van der Waals surface area contributed by atoms with Gasteiger partial charge in [0.2, 0.25) is 0 Å². The Bertz CT molecular complexity index is 454. The maximum absolute atomic E-state index is 10.8. The molecule has 0 aliphatic carbocycles. The van der Waals surface area contributed by atoms with Gasteiger partial charge in [0.05, 0.1) is 0 Å². The van der Waals surface area contributed by atoms with Gasteiger partial charge in [0, 0.05) is 0 Å². The molecule has 1 aliphatic heterocycles. The molecule has 0 saturated carbocycles. The minimum Gasteiger partial charge on any atom is -0.488 e. The number of ether oxygens (including phenoxy) is 1. The lowest BCUT2D eigenvalue weighted by atomic mass is 9.93. The number of carbonyl (C=O) groups is 1. The van der Waals surface area contributed by atoms with Gasteiger partial charge in [0.15, 0.2) is 0 Å². The number of rotatable bonds is 2. The zero-order valence-corrected chi connectivity index (χ0v) is 10.1. The molecule has 0 amide bonds. The zero-order chi connectivity index (χ0) is 12.6. The number of aliphatic carboxylic acids is 1. The van der Waals surface area contributed by atoms with Crippen LogP contribution in [-0.4, -0.2) is 16.7 Å². The Morgan fingerprint density at radius 1 is 1.53 bits per heavy atom. The Morgan fingerprint density at radius 2 is 2.24 bits per heavy atom. The highest BCUT2D eigenvalue weighted by atomic mass is 16.5. The SMILES string of the molecule is CC1(C)CCc2ccc(C(N)C(=O)O)cc2O1. The van der Waals surface area contributed by atoms with Gasteiger partial charge < -0.3 is 15.6 Å². The van der Waals surface area contributed by atoms with Crippen LogP contribution in [0.15, 0.2) is 18.2 Å². The Balaban J connectivity index is 2.33. The normalized spacial score (nSPS) is 19.0. The average Bonchev–Trinajstić information content (AvgIpc) is 2.25. The number of benzene rings is 1. The van der Waals surface area contributed by atoms with E-state index in [0.29, 0.717) is 5.56 Å². The van der Waals surface area contributed by atoms with Gasteiger partial charge in [-0.1, -0.05) is 12.1 Å². The van der Waals surface area contributed by atoms with Gasteiger partial charge in [-0.25, -0.2) is 0 Å². The molecular formula is C13H17NO3. The molecule has 4 nitrogen and oxygen atoms in total. The molecule has 0 bridgehead atoms. The van der Waals surface area contributed by atoms with Crippen molar-refractivity contribution in [2.75, 3.05) is 0 Å². The van der Waals surface area contributed by atoms with Crippen LogP contribution >= 0.6 is 0 Å². The Morgan fingerprint density at radius 3 is 2.88 bits per heavy atom. The minimum atomic E-state index is -1.03. The van der Waals surface area contributed by atoms with Crippen molar-refractivity contribution in [3.63, 3.8) is 0 Å². The smallest absolute Gasteiger partial charge is 0.325 e. The van der Waals surface area contributed by atoms with Gasteiger partial charge in [-0.15, -0.1) is 0 Å². The molecule has 92 valence electrons. The topological polar surface area (TPSA) is 72.6 Å². The van der Waals surface area contributed by atoms with Crippen LogP contribution in [0.4, 0.5) is 0 Å². The highest BCUT2D eigenvalue weighted by Crippen LogP contribution is 2.34. The average molecular weight is 235 g/mol. The quantitative estimate of drug-likeness (QED) is 0.820. The highest BCUT2D eigenvalue weighted by Gasteiger charge is 2.27. The first-order valence-electron chi connectivity index (χ1n) is 5.69. The lowest BCUT2D eigenvalue weighted by molar-refractivity contribution is -0.138. The first-order valence-corrected chi connectivity index (χ1v) is 5.69. The monoisotopic (exact) mass is 235 g/mol. The molecule has 1 aromatic carbocycles. The van der Waals surface area contributed by atoms with Crippen molar-refractivity contribution in [2.45, 2.75) is 38.3 Å². The number of nitrogens with two attached hydrogens (primary N) is 1. The van der Waals surface area contributed by atoms with Crippen LogP contribution in [0.2, 0.25) is 0 Å². The standard InChI is InChI=1S/C13H17NO3/c1-13(2)6-5-8-3-4-9(7-10(8)17-13)11(14)12(15)16/h3-4,7,11H,5-6,14H2,1-2H3,(H,15,16). The fraction of sp³-hybridized carbons (Fsp3) is 0.462. The van der Waals surface area contributed by atoms with E-state index in [1.165, 1.54) is 0 Å². The lowest BCUT2D eigenvalue weighted by Crippen LogP contribution is -2.32. The van der Waals surface area contributed by atoms with Gasteiger partial charge >= 0.3 is 5.97 Å². The second-order valence-electron chi connectivity index (χ2n) is 5.04. The Hall–Kier alpha value is -1.55. The van der Waals surface area contributed by atoms with E-state index < -0.39 is 12.0 Å². The van der Waals surface area contributed by atoms with Crippen LogP contribution in [0.3, 0.4) is 0 Å². The molecule has 1 aromatic rings. The van der Waals surface area contributed by atoms with Crippen molar-refractivity contribution in [3.05, 3.63) is 29.3 Å². The number of carboxylic acids is 1. The molecule has 1 unspecified atom stereocenters. The summed E-state index contributed by atoms with van der Waals surface area (Å²) < 4.78 is 5.84. The zero-order valence-electron chi connectivity index (χ0n) is 10.1. The van der Waals surface area contributed by atoms with E-state index in [2.05, 4.69) is 0 Å². The second kappa shape index (κ2) is 4.04. The highest BCUT2D eigenvalue weighted by molar-refractivity contribution is 5.75. The molecule has 4 heteroatoms. The third kappa shape index (κ3) is 2.42. The maximum Gasteiger partial charge on any atom is 0.325 e. The lowest BCUT2D eigenvalue weighted by Gasteiger charge is -2.33. The van der Waals surface area contributed by atoms with Crippen LogP contribution < -0.4 is 10.5 Å². The molecule has 2 rings (SSSR count). The minimum absolute atomic E-state index is 0.195. The van der Waals surface area contributed by atoms with E-state index >= 15 is 0 Å². The van der Waals surface area contributed by atoms with Crippen LogP contribution in [0.5, 0.6) is 5.75 Å². The Labute approximate surface area is 100 Å². The summed E-state index contributed by atoms with van der Waals surface area (Å²) in [6.45, 7) is 4.06. The molecule has 1 atom stereocenters. The summed E-state index contributed by atoms with van der Waals surface area (Å²) in [5.74, 6) is -0.268. The number of fused-ring (bicyclic) bond motifs is 1. The molecule has 0 spiro atoms. The van der Waals surface area contributed by atoms with Gasteiger partial charge in [-0.3, -0.25) is 4.79 Å². The molecule has 0 aromatic heterocycles. The Kier molecular flexibility index (Phi) is 2.83. The van der Waals surface area contributed by atoms with E-state index in [0.717, 1.165) is 24.2 Å². The number of hydrogen-bond donors (Lipinski definition) is 2. The summed E-state index contributed by atoms with van der Waals surface area (Å²) in [6.07, 6.45) is 1.91. The second-order valence-corrected chi connectivity index (χ2v) is 5.04. The van der Waals surface area contributed by atoms with Gasteiger partial charge in [-0.05, 0) is 43.9 Å². The molecular weight excluding hydrogens is 218 g/mol. The molecule has 1 aliphatic rings. The van der Waals surface area contributed by atoms with E-state index in [-0.39, 0.29) is 5.60 Å². The van der Waals surface area contributed by atoms with Gasteiger partial charge in [0.25, 0.3) is 0 Å². The van der Waals surface area contributed by atoms with Crippen molar-refractivity contribution < 1.29 is 14.6 Å². The summed E-state index contributed by atoms with van der Waals surface area (Å²) in [4.78, 5) is 10.8. The van der Waals surface area contributed by atoms with Crippen molar-refractivity contribution in [1.29, 1.82) is 0 Å². The van der Waals surface area contributed by atoms with Crippen LogP contribution in [-0.2, 0) is 11.2 Å². The van der Waals surface area contributed by atoms with Crippen molar-refractivity contribution >= 4 is 5.97 Å². The fourth-order valence-corrected chi connectivity index (χ4v) is 1.99. The fourth-order valence-electron chi connectivity index (χ4n) is 1.99. The summed E-state index contributed by atoms with van der Waals surface area (Å²) in [5, 5.41) is 8.88. The summed E-state index contributed by atoms with van der Waals surface area (Å²) in [6, 6.07) is 4.42. The molecule has 0 saturated heterocycles. The largest absolute Gasteiger partial charge is 0.488 e. The van der Waals surface area contributed by atoms with E-state index in [4.69, 9.17) is 15.6 Å².